The highest BCUT2D eigenvalue weighted by Crippen LogP contribution is 2.27. The summed E-state index contributed by atoms with van der Waals surface area (Å²) in [5.74, 6) is -0.432. The van der Waals surface area contributed by atoms with Crippen molar-refractivity contribution < 1.29 is 14.3 Å². The van der Waals surface area contributed by atoms with Gasteiger partial charge >= 0.3 is 0 Å². The van der Waals surface area contributed by atoms with Gasteiger partial charge in [-0.2, -0.15) is 5.10 Å². The van der Waals surface area contributed by atoms with E-state index in [1.54, 1.807) is 30.5 Å². The van der Waals surface area contributed by atoms with E-state index in [2.05, 4.69) is 21.9 Å². The fraction of sp³-hybridized carbons (Fsp3) is 0.0800. The first kappa shape index (κ1) is 20.1. The van der Waals surface area contributed by atoms with E-state index < -0.39 is 11.8 Å². The third-order valence-electron chi connectivity index (χ3n) is 4.90. The lowest BCUT2D eigenvalue weighted by atomic mass is 9.97. The van der Waals surface area contributed by atoms with Gasteiger partial charge in [0.15, 0.2) is 0 Å². The molecule has 154 valence electrons. The summed E-state index contributed by atoms with van der Waals surface area (Å²) >= 11 is 0. The fourth-order valence-electron chi connectivity index (χ4n) is 3.48. The Labute approximate surface area is 179 Å². The van der Waals surface area contributed by atoms with Gasteiger partial charge in [-0.05, 0) is 39.7 Å². The molecule has 2 N–H and O–H groups in total. The van der Waals surface area contributed by atoms with Gasteiger partial charge in [0.05, 0.1) is 19.0 Å². The maximum Gasteiger partial charge on any atom is 0.249 e. The van der Waals surface area contributed by atoms with E-state index in [9.17, 15) is 9.59 Å². The Balaban J connectivity index is 1.47. The molecule has 0 aliphatic carbocycles. The summed E-state index contributed by atoms with van der Waals surface area (Å²) in [4.78, 5) is 24.4. The number of carbonyl (C=O) groups is 2. The molecule has 0 aliphatic rings. The number of hydrazone groups is 1. The van der Waals surface area contributed by atoms with Gasteiger partial charge in [-0.3, -0.25) is 9.59 Å². The summed E-state index contributed by atoms with van der Waals surface area (Å²) in [6.07, 6.45) is 1.27. The van der Waals surface area contributed by atoms with Crippen molar-refractivity contribution in [2.75, 3.05) is 12.4 Å². The number of para-hydroxylation sites is 2. The van der Waals surface area contributed by atoms with Crippen LogP contribution >= 0.6 is 0 Å². The monoisotopic (exact) mass is 411 g/mol. The van der Waals surface area contributed by atoms with Crippen LogP contribution in [0.4, 0.5) is 5.69 Å². The number of amides is 2. The highest BCUT2D eigenvalue weighted by atomic mass is 16.5. The topological polar surface area (TPSA) is 79.8 Å². The molecule has 4 aromatic rings. The van der Waals surface area contributed by atoms with Crippen LogP contribution in [0.15, 0.2) is 84.0 Å². The van der Waals surface area contributed by atoms with Crippen LogP contribution in [0.3, 0.4) is 0 Å². The maximum atomic E-state index is 12.2. The van der Waals surface area contributed by atoms with Crippen molar-refractivity contribution in [3.8, 4) is 5.75 Å². The molecule has 0 aromatic heterocycles. The minimum Gasteiger partial charge on any atom is -0.495 e. The lowest BCUT2D eigenvalue weighted by molar-refractivity contribution is -0.126. The van der Waals surface area contributed by atoms with Crippen molar-refractivity contribution in [3.05, 3.63) is 84.4 Å². The van der Waals surface area contributed by atoms with Crippen LogP contribution in [0.25, 0.3) is 21.5 Å². The molecule has 0 atom stereocenters. The van der Waals surface area contributed by atoms with Crippen LogP contribution in [0, 0.1) is 0 Å². The number of nitrogens with zero attached hydrogens (tertiary/aromatic N) is 1. The number of carbonyl (C=O) groups excluding carboxylic acids is 2. The van der Waals surface area contributed by atoms with Crippen LogP contribution in [0.2, 0.25) is 0 Å². The second-order valence-electron chi connectivity index (χ2n) is 6.95. The second-order valence-corrected chi connectivity index (χ2v) is 6.95. The van der Waals surface area contributed by atoms with E-state index in [0.29, 0.717) is 11.4 Å². The molecule has 4 rings (SSSR count). The number of fused-ring (bicyclic) bond motifs is 2. The molecule has 0 unspecified atom stereocenters. The van der Waals surface area contributed by atoms with Crippen molar-refractivity contribution in [3.63, 3.8) is 0 Å². The first-order chi connectivity index (χ1) is 15.2. The molecule has 6 nitrogen and oxygen atoms in total. The normalized spacial score (nSPS) is 11.0. The SMILES string of the molecule is COc1ccccc1NC(=O)CC(=O)NN=Cc1c2ccccc2cc2ccccc12. The van der Waals surface area contributed by atoms with Gasteiger partial charge in [0, 0.05) is 5.56 Å². The first-order valence-corrected chi connectivity index (χ1v) is 9.81. The maximum absolute atomic E-state index is 12.2. The number of ether oxygens (including phenoxy) is 1. The molecule has 4 aromatic carbocycles. The Kier molecular flexibility index (Phi) is 5.89. The van der Waals surface area contributed by atoms with Crippen LogP contribution in [-0.2, 0) is 9.59 Å². The van der Waals surface area contributed by atoms with E-state index in [1.807, 2.05) is 48.5 Å². The Hall–Kier alpha value is -4.19. The molecular weight excluding hydrogens is 390 g/mol. The number of hydrogen-bond donors (Lipinski definition) is 2. The van der Waals surface area contributed by atoms with Gasteiger partial charge < -0.3 is 10.1 Å². The van der Waals surface area contributed by atoms with Crippen LogP contribution < -0.4 is 15.5 Å². The van der Waals surface area contributed by atoms with E-state index >= 15 is 0 Å². The smallest absolute Gasteiger partial charge is 0.249 e. The first-order valence-electron chi connectivity index (χ1n) is 9.81. The van der Waals surface area contributed by atoms with Crippen LogP contribution in [0.1, 0.15) is 12.0 Å². The predicted octanol–water partition coefficient (Wildman–Crippen LogP) is 4.48. The fourth-order valence-corrected chi connectivity index (χ4v) is 3.48. The lowest BCUT2D eigenvalue weighted by Crippen LogP contribution is -2.24. The molecule has 0 radical (unpaired) electrons. The van der Waals surface area contributed by atoms with Crippen molar-refractivity contribution >= 4 is 45.3 Å². The quantitative estimate of drug-likeness (QED) is 0.212. The highest BCUT2D eigenvalue weighted by Gasteiger charge is 2.11. The molecule has 0 spiro atoms. The minimum atomic E-state index is -0.506. The van der Waals surface area contributed by atoms with Crippen molar-refractivity contribution in [2.24, 2.45) is 5.10 Å². The van der Waals surface area contributed by atoms with Gasteiger partial charge in [-0.1, -0.05) is 60.7 Å². The number of anilines is 1. The van der Waals surface area contributed by atoms with E-state index in [-0.39, 0.29) is 6.42 Å². The molecule has 0 saturated carbocycles. The zero-order valence-electron chi connectivity index (χ0n) is 17.0. The summed E-state index contributed by atoms with van der Waals surface area (Å²) in [6.45, 7) is 0. The van der Waals surface area contributed by atoms with E-state index in [1.165, 1.54) is 7.11 Å². The summed E-state index contributed by atoms with van der Waals surface area (Å²) in [5, 5.41) is 11.0. The molecule has 0 heterocycles. The molecular formula is C25H21N3O3. The molecule has 0 bridgehead atoms. The largest absolute Gasteiger partial charge is 0.495 e. The van der Waals surface area contributed by atoms with E-state index in [0.717, 1.165) is 27.1 Å². The van der Waals surface area contributed by atoms with Gasteiger partial charge in [0.2, 0.25) is 11.8 Å². The number of hydrogen-bond acceptors (Lipinski definition) is 4. The zero-order valence-corrected chi connectivity index (χ0v) is 17.0. The summed E-state index contributed by atoms with van der Waals surface area (Å²) < 4.78 is 5.20. The standard InChI is InChI=1S/C25H21N3O3/c1-31-23-13-7-6-12-22(23)27-24(29)15-25(30)28-26-16-21-19-10-4-2-8-17(19)14-18-9-3-5-11-20(18)21/h2-14,16H,15H2,1H3,(H,27,29)(H,28,30). The molecule has 2 amide bonds. The molecule has 6 heteroatoms. The Morgan fingerprint density at radius 1 is 0.871 bits per heavy atom. The van der Waals surface area contributed by atoms with Gasteiger partial charge in [0.25, 0.3) is 0 Å². The molecule has 0 aliphatic heterocycles. The van der Waals surface area contributed by atoms with Crippen LogP contribution in [-0.4, -0.2) is 25.1 Å². The Morgan fingerprint density at radius 3 is 2.16 bits per heavy atom. The third kappa shape index (κ3) is 4.53. The van der Waals surface area contributed by atoms with Crippen molar-refractivity contribution in [1.82, 2.24) is 5.43 Å². The minimum absolute atomic E-state index is 0.355. The number of methoxy groups -OCH3 is 1. The van der Waals surface area contributed by atoms with Crippen molar-refractivity contribution in [1.29, 1.82) is 0 Å². The highest BCUT2D eigenvalue weighted by molar-refractivity contribution is 6.13. The van der Waals surface area contributed by atoms with Crippen molar-refractivity contribution in [2.45, 2.75) is 6.42 Å². The average molecular weight is 411 g/mol. The summed E-state index contributed by atoms with van der Waals surface area (Å²) in [7, 11) is 1.52. The number of nitrogens with one attached hydrogen (secondary N) is 2. The average Bonchev–Trinajstić information content (AvgIpc) is 2.79. The Bertz CT molecular complexity index is 1240. The molecule has 0 fully saturated rings. The third-order valence-corrected chi connectivity index (χ3v) is 4.90. The second kappa shape index (κ2) is 9.09. The molecule has 31 heavy (non-hydrogen) atoms. The number of benzene rings is 4. The lowest BCUT2D eigenvalue weighted by Gasteiger charge is -2.09. The predicted molar refractivity (Wildman–Crippen MR) is 123 cm³/mol. The Morgan fingerprint density at radius 2 is 1.48 bits per heavy atom. The molecule has 0 saturated heterocycles. The zero-order chi connectivity index (χ0) is 21.6. The van der Waals surface area contributed by atoms with Gasteiger partial charge in [-0.25, -0.2) is 5.43 Å². The summed E-state index contributed by atoms with van der Waals surface area (Å²) in [5.41, 5.74) is 3.86. The van der Waals surface area contributed by atoms with Gasteiger partial charge in [-0.15, -0.1) is 0 Å². The van der Waals surface area contributed by atoms with Gasteiger partial charge in [0.1, 0.15) is 12.2 Å². The number of rotatable bonds is 6. The summed E-state index contributed by atoms with van der Waals surface area (Å²) in [6, 6.07) is 25.2. The van der Waals surface area contributed by atoms with E-state index in [4.69, 9.17) is 4.74 Å². The van der Waals surface area contributed by atoms with Crippen LogP contribution in [0.5, 0.6) is 5.75 Å².